The van der Waals surface area contributed by atoms with Crippen LogP contribution in [0.3, 0.4) is 0 Å². The van der Waals surface area contributed by atoms with Gasteiger partial charge in [-0.25, -0.2) is 4.98 Å². The van der Waals surface area contributed by atoms with E-state index in [0.717, 1.165) is 5.56 Å². The van der Waals surface area contributed by atoms with Crippen molar-refractivity contribution >= 4 is 27.9 Å². The molecule has 1 saturated heterocycles. The Hall–Kier alpha value is -2.49. The van der Waals surface area contributed by atoms with E-state index in [0.29, 0.717) is 29.9 Å². The zero-order chi connectivity index (χ0) is 17.7. The fraction of sp³-hybridized carbons (Fsp3) is 0.211. The Labute approximate surface area is 154 Å². The summed E-state index contributed by atoms with van der Waals surface area (Å²) in [6.07, 6.45) is 2.14. The highest BCUT2D eigenvalue weighted by atomic mass is 79.9. The van der Waals surface area contributed by atoms with E-state index in [2.05, 4.69) is 26.2 Å². The molecular formula is C19H16BrN3O2. The molecule has 1 N–H and O–H groups in total. The lowest BCUT2D eigenvalue weighted by Gasteiger charge is -2.29. The molecule has 126 valence electrons. The van der Waals surface area contributed by atoms with Gasteiger partial charge < -0.3 is 10.1 Å². The number of carbonyl (C=O) groups is 1. The van der Waals surface area contributed by atoms with Crippen molar-refractivity contribution in [1.82, 2.24) is 10.3 Å². The number of hydrogen-bond donors (Lipinski definition) is 1. The van der Waals surface area contributed by atoms with Crippen LogP contribution < -0.4 is 5.32 Å². The quantitative estimate of drug-likeness (QED) is 0.488. The second-order valence-electron chi connectivity index (χ2n) is 5.76. The summed E-state index contributed by atoms with van der Waals surface area (Å²) in [6, 6.07) is 17.0. The fourth-order valence-corrected chi connectivity index (χ4v) is 3.16. The second-order valence-corrected chi connectivity index (χ2v) is 6.57. The predicted octanol–water partition coefficient (Wildman–Crippen LogP) is 3.18. The summed E-state index contributed by atoms with van der Waals surface area (Å²) in [6.45, 7) is 0.949. The summed E-state index contributed by atoms with van der Waals surface area (Å²) in [5.41, 5.74) is 0.906. The van der Waals surface area contributed by atoms with Gasteiger partial charge in [0.15, 0.2) is 0 Å². The Kier molecular flexibility index (Phi) is 5.27. The first kappa shape index (κ1) is 17.3. The van der Waals surface area contributed by atoms with Crippen LogP contribution in [0.1, 0.15) is 17.7 Å². The molecule has 1 aliphatic rings. The van der Waals surface area contributed by atoms with Crippen molar-refractivity contribution in [2.75, 3.05) is 13.2 Å². The monoisotopic (exact) mass is 397 g/mol. The maximum atomic E-state index is 12.7. The molecule has 0 aliphatic carbocycles. The molecule has 0 radical (unpaired) electrons. The number of rotatable bonds is 4. The Morgan fingerprint density at radius 3 is 2.72 bits per heavy atom. The van der Waals surface area contributed by atoms with Crippen molar-refractivity contribution in [3.63, 3.8) is 0 Å². The highest BCUT2D eigenvalue weighted by molar-refractivity contribution is 9.10. The minimum atomic E-state index is -0.612. The number of nitrogens with one attached hydrogen (secondary N) is 1. The molecule has 3 rings (SSSR count). The summed E-state index contributed by atoms with van der Waals surface area (Å²) in [4.78, 5) is 16.9. The van der Waals surface area contributed by atoms with E-state index in [1.165, 1.54) is 6.08 Å². The third-order valence-corrected chi connectivity index (χ3v) is 4.54. The van der Waals surface area contributed by atoms with Crippen molar-refractivity contribution in [1.29, 1.82) is 5.26 Å². The molecule has 1 aromatic heterocycles. The molecule has 1 aliphatic heterocycles. The normalized spacial score (nSPS) is 20.1. The number of pyridine rings is 1. The van der Waals surface area contributed by atoms with Gasteiger partial charge in [-0.1, -0.05) is 36.4 Å². The minimum Gasteiger partial charge on any atom is -0.379 e. The van der Waals surface area contributed by atoms with E-state index in [1.54, 1.807) is 18.2 Å². The molecule has 0 spiro atoms. The van der Waals surface area contributed by atoms with E-state index in [-0.39, 0.29) is 5.57 Å². The van der Waals surface area contributed by atoms with Crippen LogP contribution in [0.15, 0.2) is 58.7 Å². The van der Waals surface area contributed by atoms with Gasteiger partial charge in [-0.2, -0.15) is 5.26 Å². The van der Waals surface area contributed by atoms with Gasteiger partial charge in [0.25, 0.3) is 5.91 Å². The smallest absolute Gasteiger partial charge is 0.262 e. The number of nitrogens with zero attached hydrogens (tertiary/aromatic N) is 2. The van der Waals surface area contributed by atoms with Crippen molar-refractivity contribution in [2.45, 2.75) is 12.0 Å². The van der Waals surface area contributed by atoms with Crippen molar-refractivity contribution in [3.8, 4) is 6.07 Å². The Morgan fingerprint density at radius 1 is 1.28 bits per heavy atom. The van der Waals surface area contributed by atoms with Crippen molar-refractivity contribution in [3.05, 3.63) is 70.0 Å². The molecule has 1 amide bonds. The summed E-state index contributed by atoms with van der Waals surface area (Å²) >= 11 is 3.28. The number of carbonyl (C=O) groups excluding carboxylic acids is 1. The number of amides is 1. The zero-order valence-corrected chi connectivity index (χ0v) is 15.0. The highest BCUT2D eigenvalue weighted by Crippen LogP contribution is 2.30. The number of ether oxygens (including phenoxy) is 1. The molecule has 1 atom stereocenters. The van der Waals surface area contributed by atoms with Crippen LogP contribution in [0.5, 0.6) is 0 Å². The van der Waals surface area contributed by atoms with Gasteiger partial charge >= 0.3 is 0 Å². The van der Waals surface area contributed by atoms with Gasteiger partial charge in [0.05, 0.1) is 17.8 Å². The summed E-state index contributed by atoms with van der Waals surface area (Å²) < 4.78 is 6.17. The second kappa shape index (κ2) is 7.60. The standard InChI is InChI=1S/C19H16BrN3O2/c20-17-8-4-7-16(22-17)11-14(12-21)18(24)23-19(9-10-25-13-19)15-5-2-1-3-6-15/h1-8,11H,9-10,13H2,(H,23,24). The third-order valence-electron chi connectivity index (χ3n) is 4.09. The zero-order valence-electron chi connectivity index (χ0n) is 13.4. The van der Waals surface area contributed by atoms with E-state index < -0.39 is 11.4 Å². The van der Waals surface area contributed by atoms with E-state index in [9.17, 15) is 10.1 Å². The molecule has 0 saturated carbocycles. The first-order valence-electron chi connectivity index (χ1n) is 7.83. The number of nitriles is 1. The molecule has 2 heterocycles. The SMILES string of the molecule is N#CC(=Cc1cccc(Br)n1)C(=O)NC1(c2ccccc2)CCOC1. The van der Waals surface area contributed by atoms with Crippen LogP contribution in [0.4, 0.5) is 0 Å². The fourth-order valence-electron chi connectivity index (χ4n) is 2.81. The van der Waals surface area contributed by atoms with Crippen molar-refractivity contribution in [2.24, 2.45) is 0 Å². The van der Waals surface area contributed by atoms with Gasteiger partial charge in [0.2, 0.25) is 0 Å². The molecule has 1 unspecified atom stereocenters. The number of benzene rings is 1. The van der Waals surface area contributed by atoms with Gasteiger partial charge in [-0.3, -0.25) is 4.79 Å². The summed E-state index contributed by atoms with van der Waals surface area (Å²) in [5, 5.41) is 12.4. The van der Waals surface area contributed by atoms with E-state index in [4.69, 9.17) is 4.74 Å². The third kappa shape index (κ3) is 3.95. The average molecular weight is 398 g/mol. The van der Waals surface area contributed by atoms with Crippen LogP contribution in [-0.2, 0) is 15.1 Å². The van der Waals surface area contributed by atoms with Gasteiger partial charge in [0.1, 0.15) is 16.2 Å². The first-order valence-corrected chi connectivity index (χ1v) is 8.62. The Morgan fingerprint density at radius 2 is 2.08 bits per heavy atom. The molecule has 6 heteroatoms. The lowest BCUT2D eigenvalue weighted by Crippen LogP contribution is -2.46. The maximum absolute atomic E-state index is 12.7. The molecule has 1 aromatic carbocycles. The Bertz CT molecular complexity index is 837. The number of halogens is 1. The lowest BCUT2D eigenvalue weighted by molar-refractivity contribution is -0.119. The molecule has 2 aromatic rings. The Balaban J connectivity index is 1.87. The summed E-state index contributed by atoms with van der Waals surface area (Å²) in [5.74, 6) is -0.432. The van der Waals surface area contributed by atoms with Gasteiger partial charge in [-0.15, -0.1) is 0 Å². The minimum absolute atomic E-state index is 0.00723. The largest absolute Gasteiger partial charge is 0.379 e. The molecule has 1 fully saturated rings. The lowest BCUT2D eigenvalue weighted by atomic mass is 9.88. The number of hydrogen-bond acceptors (Lipinski definition) is 4. The van der Waals surface area contributed by atoms with Crippen molar-refractivity contribution < 1.29 is 9.53 Å². The predicted molar refractivity (Wildman–Crippen MR) is 97.2 cm³/mol. The van der Waals surface area contributed by atoms with Crippen LogP contribution in [0, 0.1) is 11.3 Å². The highest BCUT2D eigenvalue weighted by Gasteiger charge is 2.38. The number of aromatic nitrogens is 1. The molecule has 25 heavy (non-hydrogen) atoms. The molecule has 0 bridgehead atoms. The maximum Gasteiger partial charge on any atom is 0.262 e. The topological polar surface area (TPSA) is 75.0 Å². The van der Waals surface area contributed by atoms with Crippen LogP contribution in [0.2, 0.25) is 0 Å². The first-order chi connectivity index (χ1) is 12.1. The average Bonchev–Trinajstić information content (AvgIpc) is 3.10. The van der Waals surface area contributed by atoms with Crippen LogP contribution in [-0.4, -0.2) is 24.1 Å². The molecular weight excluding hydrogens is 382 g/mol. The van der Waals surface area contributed by atoms with E-state index in [1.807, 2.05) is 36.4 Å². The summed E-state index contributed by atoms with van der Waals surface area (Å²) in [7, 11) is 0. The van der Waals surface area contributed by atoms with Crippen LogP contribution >= 0.6 is 15.9 Å². The van der Waals surface area contributed by atoms with Crippen LogP contribution in [0.25, 0.3) is 6.08 Å². The van der Waals surface area contributed by atoms with E-state index >= 15 is 0 Å². The van der Waals surface area contributed by atoms with Gasteiger partial charge in [0, 0.05) is 13.0 Å². The molecule has 5 nitrogen and oxygen atoms in total. The van der Waals surface area contributed by atoms with Gasteiger partial charge in [-0.05, 0) is 39.7 Å².